The maximum atomic E-state index is 13.2. The molecule has 0 unspecified atom stereocenters. The van der Waals surface area contributed by atoms with Gasteiger partial charge in [0.2, 0.25) is 0 Å². The molecule has 0 aliphatic carbocycles. The lowest BCUT2D eigenvalue weighted by Gasteiger charge is -2.44. The first-order valence-corrected chi connectivity index (χ1v) is 9.51. The number of rotatable bonds is 4. The SMILES string of the molecule is CCCN1CCC2(CC1)OC[C@H](C(=O)O)N2C(=O)c1cc(Cl)cc(Cl)c1. The van der Waals surface area contributed by atoms with E-state index in [4.69, 9.17) is 27.9 Å². The number of ether oxygens (including phenoxy) is 1. The predicted molar refractivity (Wildman–Crippen MR) is 98.7 cm³/mol. The van der Waals surface area contributed by atoms with E-state index in [2.05, 4.69) is 11.8 Å². The van der Waals surface area contributed by atoms with Gasteiger partial charge in [0.25, 0.3) is 5.91 Å². The zero-order valence-corrected chi connectivity index (χ0v) is 16.1. The van der Waals surface area contributed by atoms with E-state index in [9.17, 15) is 14.7 Å². The summed E-state index contributed by atoms with van der Waals surface area (Å²) in [7, 11) is 0. The Balaban J connectivity index is 1.91. The average molecular weight is 401 g/mol. The van der Waals surface area contributed by atoms with E-state index < -0.39 is 23.6 Å². The van der Waals surface area contributed by atoms with Crippen LogP contribution in [0.2, 0.25) is 10.0 Å². The van der Waals surface area contributed by atoms with Gasteiger partial charge in [-0.1, -0.05) is 30.1 Å². The quantitative estimate of drug-likeness (QED) is 0.840. The van der Waals surface area contributed by atoms with E-state index in [1.807, 2.05) is 0 Å². The van der Waals surface area contributed by atoms with Gasteiger partial charge in [-0.2, -0.15) is 0 Å². The Morgan fingerprint density at radius 2 is 1.85 bits per heavy atom. The molecule has 1 atom stereocenters. The van der Waals surface area contributed by atoms with E-state index in [1.165, 1.54) is 23.1 Å². The van der Waals surface area contributed by atoms with Crippen LogP contribution in [0.25, 0.3) is 0 Å². The van der Waals surface area contributed by atoms with Crippen LogP contribution in [0, 0.1) is 0 Å². The Morgan fingerprint density at radius 3 is 2.38 bits per heavy atom. The summed E-state index contributed by atoms with van der Waals surface area (Å²) < 4.78 is 5.93. The van der Waals surface area contributed by atoms with E-state index in [0.29, 0.717) is 22.9 Å². The molecule has 0 saturated carbocycles. The second-order valence-corrected chi connectivity index (χ2v) is 7.66. The van der Waals surface area contributed by atoms with Crippen molar-refractivity contribution >= 4 is 35.1 Å². The van der Waals surface area contributed by atoms with Crippen molar-refractivity contribution in [3.05, 3.63) is 33.8 Å². The standard InChI is InChI=1S/C18H22Cl2N2O4/c1-2-5-21-6-3-18(4-7-21)22(15(11-26-18)17(24)25)16(23)12-8-13(19)10-14(20)9-12/h8-10,15H,2-7,11H2,1H3,(H,24,25)/t15-/m1/s1. The lowest BCUT2D eigenvalue weighted by molar-refractivity contribution is -0.143. The molecule has 1 N–H and O–H groups in total. The van der Waals surface area contributed by atoms with Gasteiger partial charge in [-0.05, 0) is 31.2 Å². The number of hydrogen-bond acceptors (Lipinski definition) is 4. The van der Waals surface area contributed by atoms with Gasteiger partial charge < -0.3 is 14.7 Å². The number of likely N-dealkylation sites (tertiary alicyclic amines) is 1. The van der Waals surface area contributed by atoms with Crippen LogP contribution in [-0.4, -0.2) is 64.8 Å². The van der Waals surface area contributed by atoms with Crippen LogP contribution in [0.1, 0.15) is 36.5 Å². The highest BCUT2D eigenvalue weighted by atomic mass is 35.5. The molecular formula is C18H22Cl2N2O4. The largest absolute Gasteiger partial charge is 0.480 e. The molecule has 6 nitrogen and oxygen atoms in total. The van der Waals surface area contributed by atoms with Crippen LogP contribution >= 0.6 is 23.2 Å². The fraction of sp³-hybridized carbons (Fsp3) is 0.556. The number of benzene rings is 1. The van der Waals surface area contributed by atoms with Crippen molar-refractivity contribution in [3.8, 4) is 0 Å². The van der Waals surface area contributed by atoms with Crippen LogP contribution in [0.3, 0.4) is 0 Å². The van der Waals surface area contributed by atoms with Gasteiger partial charge in [-0.3, -0.25) is 9.69 Å². The minimum absolute atomic E-state index is 0.0108. The van der Waals surface area contributed by atoms with Crippen molar-refractivity contribution in [2.24, 2.45) is 0 Å². The molecule has 1 aromatic carbocycles. The molecule has 2 heterocycles. The first-order valence-electron chi connectivity index (χ1n) is 8.75. The van der Waals surface area contributed by atoms with Gasteiger partial charge in [0, 0.05) is 41.5 Å². The van der Waals surface area contributed by atoms with Crippen LogP contribution < -0.4 is 0 Å². The van der Waals surface area contributed by atoms with E-state index in [-0.39, 0.29) is 12.2 Å². The number of aliphatic carboxylic acids is 1. The zero-order valence-electron chi connectivity index (χ0n) is 14.6. The molecule has 2 aliphatic rings. The zero-order chi connectivity index (χ0) is 18.9. The lowest BCUT2D eigenvalue weighted by atomic mass is 9.96. The molecule has 1 spiro atoms. The summed E-state index contributed by atoms with van der Waals surface area (Å²) in [6.45, 7) is 4.62. The van der Waals surface area contributed by atoms with Gasteiger partial charge in [-0.15, -0.1) is 0 Å². The number of piperidine rings is 1. The van der Waals surface area contributed by atoms with Gasteiger partial charge in [0.1, 0.15) is 5.72 Å². The topological polar surface area (TPSA) is 70.1 Å². The van der Waals surface area contributed by atoms with Gasteiger partial charge >= 0.3 is 5.97 Å². The number of carboxylic acid groups (broad SMARTS) is 1. The Hall–Kier alpha value is -1.34. The predicted octanol–water partition coefficient (Wildman–Crippen LogP) is 3.12. The Morgan fingerprint density at radius 1 is 1.23 bits per heavy atom. The van der Waals surface area contributed by atoms with Crippen LogP contribution in [-0.2, 0) is 9.53 Å². The van der Waals surface area contributed by atoms with Crippen molar-refractivity contribution in [2.45, 2.75) is 38.0 Å². The summed E-state index contributed by atoms with van der Waals surface area (Å²) in [6, 6.07) is 3.53. The third-order valence-electron chi connectivity index (χ3n) is 5.05. The summed E-state index contributed by atoms with van der Waals surface area (Å²) in [5.41, 5.74) is -0.617. The van der Waals surface area contributed by atoms with E-state index >= 15 is 0 Å². The minimum atomic E-state index is -1.07. The number of carboxylic acids is 1. The summed E-state index contributed by atoms with van der Waals surface area (Å²) in [6.07, 6.45) is 2.21. The Kier molecular flexibility index (Phi) is 5.77. The second kappa shape index (κ2) is 7.72. The van der Waals surface area contributed by atoms with Crippen molar-refractivity contribution in [1.82, 2.24) is 9.80 Å². The summed E-state index contributed by atoms with van der Waals surface area (Å²) in [5, 5.41) is 10.3. The number of halogens is 2. The third-order valence-corrected chi connectivity index (χ3v) is 5.49. The number of amides is 1. The molecule has 3 rings (SSSR count). The highest BCUT2D eigenvalue weighted by Crippen LogP contribution is 2.39. The lowest BCUT2D eigenvalue weighted by Crippen LogP contribution is -2.58. The smallest absolute Gasteiger partial charge is 0.328 e. The minimum Gasteiger partial charge on any atom is -0.480 e. The highest BCUT2D eigenvalue weighted by molar-refractivity contribution is 6.35. The van der Waals surface area contributed by atoms with Gasteiger partial charge in [0.05, 0.1) is 6.61 Å². The summed E-state index contributed by atoms with van der Waals surface area (Å²) >= 11 is 12.0. The third kappa shape index (κ3) is 3.69. The normalized spacial score (nSPS) is 22.7. The maximum Gasteiger partial charge on any atom is 0.328 e. The monoisotopic (exact) mass is 400 g/mol. The molecule has 0 aromatic heterocycles. The van der Waals surface area contributed by atoms with E-state index in [1.54, 1.807) is 0 Å². The van der Waals surface area contributed by atoms with Gasteiger partial charge in [0.15, 0.2) is 6.04 Å². The fourth-order valence-electron chi connectivity index (χ4n) is 3.81. The van der Waals surface area contributed by atoms with Crippen LogP contribution in [0.15, 0.2) is 18.2 Å². The van der Waals surface area contributed by atoms with Crippen molar-refractivity contribution in [1.29, 1.82) is 0 Å². The molecule has 142 valence electrons. The van der Waals surface area contributed by atoms with Crippen molar-refractivity contribution in [3.63, 3.8) is 0 Å². The molecule has 1 aromatic rings. The second-order valence-electron chi connectivity index (χ2n) is 6.79. The van der Waals surface area contributed by atoms with Crippen molar-refractivity contribution < 1.29 is 19.4 Å². The summed E-state index contributed by atoms with van der Waals surface area (Å²) in [5.74, 6) is -1.48. The Labute approximate surface area is 162 Å². The van der Waals surface area contributed by atoms with E-state index in [0.717, 1.165) is 26.1 Å². The molecule has 8 heteroatoms. The van der Waals surface area contributed by atoms with Gasteiger partial charge in [-0.25, -0.2) is 4.79 Å². The molecule has 0 bridgehead atoms. The molecule has 0 radical (unpaired) electrons. The number of carbonyl (C=O) groups is 2. The first kappa shape index (κ1) is 19.4. The molecular weight excluding hydrogens is 379 g/mol. The molecule has 2 fully saturated rings. The average Bonchev–Trinajstić information content (AvgIpc) is 2.95. The van der Waals surface area contributed by atoms with Crippen molar-refractivity contribution in [2.75, 3.05) is 26.2 Å². The number of nitrogens with zero attached hydrogens (tertiary/aromatic N) is 2. The Bertz CT molecular complexity index is 684. The molecule has 2 aliphatic heterocycles. The van der Waals surface area contributed by atoms with Crippen LogP contribution in [0.4, 0.5) is 0 Å². The first-order chi connectivity index (χ1) is 12.4. The highest BCUT2D eigenvalue weighted by Gasteiger charge is 2.54. The molecule has 26 heavy (non-hydrogen) atoms. The molecule has 2 saturated heterocycles. The number of carbonyl (C=O) groups excluding carboxylic acids is 1. The fourth-order valence-corrected chi connectivity index (χ4v) is 4.34. The van der Waals surface area contributed by atoms with Crippen LogP contribution in [0.5, 0.6) is 0 Å². The maximum absolute atomic E-state index is 13.2. The molecule has 1 amide bonds. The number of hydrogen-bond donors (Lipinski definition) is 1. The summed E-state index contributed by atoms with van der Waals surface area (Å²) in [4.78, 5) is 28.6.